The quantitative estimate of drug-likeness (QED) is 0.816. The van der Waals surface area contributed by atoms with Crippen molar-refractivity contribution in [1.82, 2.24) is 10.2 Å². The molecule has 1 heterocycles. The van der Waals surface area contributed by atoms with Gasteiger partial charge in [0.1, 0.15) is 6.04 Å². The maximum atomic E-state index is 12.1. The van der Waals surface area contributed by atoms with E-state index < -0.39 is 0 Å². The molecule has 1 aliphatic rings. The van der Waals surface area contributed by atoms with Gasteiger partial charge in [0.05, 0.1) is 6.61 Å². The molecule has 132 valence electrons. The topological polar surface area (TPSA) is 75.2 Å². The van der Waals surface area contributed by atoms with Crippen LogP contribution in [0.4, 0.5) is 4.79 Å². The van der Waals surface area contributed by atoms with E-state index in [9.17, 15) is 9.59 Å². The zero-order chi connectivity index (χ0) is 17.4. The lowest BCUT2D eigenvalue weighted by molar-refractivity contribution is -0.682. The van der Waals surface area contributed by atoms with E-state index in [1.165, 1.54) is 5.56 Å². The highest BCUT2D eigenvalue weighted by molar-refractivity contribution is 5.77. The Morgan fingerprint density at radius 2 is 1.96 bits per heavy atom. The van der Waals surface area contributed by atoms with Crippen molar-refractivity contribution in [3.63, 3.8) is 0 Å². The SMILES string of the molecule is CCOC(=O)N1CCC(NC(=O)C[NH2+][C@H](C)c2ccccc2)CC1. The number of quaternary nitrogens is 1. The zero-order valence-electron chi connectivity index (χ0n) is 14.5. The van der Waals surface area contributed by atoms with Crippen molar-refractivity contribution in [2.24, 2.45) is 0 Å². The minimum absolute atomic E-state index is 0.0485. The van der Waals surface area contributed by atoms with E-state index in [0.29, 0.717) is 26.2 Å². The highest BCUT2D eigenvalue weighted by atomic mass is 16.6. The molecule has 0 radical (unpaired) electrons. The molecular weight excluding hydrogens is 306 g/mol. The van der Waals surface area contributed by atoms with Crippen molar-refractivity contribution in [3.8, 4) is 0 Å². The lowest BCUT2D eigenvalue weighted by Crippen LogP contribution is -2.87. The minimum Gasteiger partial charge on any atom is -0.450 e. The monoisotopic (exact) mass is 334 g/mol. The molecule has 1 saturated heterocycles. The molecule has 0 aliphatic carbocycles. The first-order chi connectivity index (χ1) is 11.6. The van der Waals surface area contributed by atoms with E-state index >= 15 is 0 Å². The van der Waals surface area contributed by atoms with Crippen LogP contribution in [-0.2, 0) is 9.53 Å². The van der Waals surface area contributed by atoms with Gasteiger partial charge >= 0.3 is 6.09 Å². The molecule has 2 rings (SSSR count). The van der Waals surface area contributed by atoms with Crippen LogP contribution in [-0.4, -0.2) is 49.2 Å². The summed E-state index contributed by atoms with van der Waals surface area (Å²) >= 11 is 0. The third-order valence-electron chi connectivity index (χ3n) is 4.37. The summed E-state index contributed by atoms with van der Waals surface area (Å²) < 4.78 is 5.00. The third kappa shape index (κ3) is 5.53. The second kappa shape index (κ2) is 9.27. The minimum atomic E-state index is -0.257. The Kier molecular flexibility index (Phi) is 7.06. The van der Waals surface area contributed by atoms with Crippen molar-refractivity contribution < 1.29 is 19.6 Å². The lowest BCUT2D eigenvalue weighted by Gasteiger charge is -2.31. The summed E-state index contributed by atoms with van der Waals surface area (Å²) in [5, 5.41) is 5.11. The van der Waals surface area contributed by atoms with Gasteiger partial charge in [-0.3, -0.25) is 4.79 Å². The number of nitrogens with zero attached hydrogens (tertiary/aromatic N) is 1. The second-order valence-electron chi connectivity index (χ2n) is 6.17. The van der Waals surface area contributed by atoms with Gasteiger partial charge in [0.15, 0.2) is 6.54 Å². The van der Waals surface area contributed by atoms with Crippen molar-refractivity contribution in [2.75, 3.05) is 26.2 Å². The number of likely N-dealkylation sites (tertiary alicyclic amines) is 1. The normalized spacial score (nSPS) is 16.5. The number of benzene rings is 1. The largest absolute Gasteiger partial charge is 0.450 e. The van der Waals surface area contributed by atoms with Gasteiger partial charge in [0, 0.05) is 24.7 Å². The molecule has 1 fully saturated rings. The summed E-state index contributed by atoms with van der Waals surface area (Å²) in [6, 6.07) is 10.6. The van der Waals surface area contributed by atoms with Crippen LogP contribution in [0.25, 0.3) is 0 Å². The van der Waals surface area contributed by atoms with Gasteiger partial charge in [-0.2, -0.15) is 0 Å². The van der Waals surface area contributed by atoms with E-state index in [0.717, 1.165) is 12.8 Å². The summed E-state index contributed by atoms with van der Waals surface area (Å²) in [7, 11) is 0. The van der Waals surface area contributed by atoms with Crippen molar-refractivity contribution in [2.45, 2.75) is 38.8 Å². The molecular formula is C18H28N3O3+. The molecule has 0 aromatic heterocycles. The molecule has 1 aromatic carbocycles. The molecule has 0 spiro atoms. The number of carbonyl (C=O) groups excluding carboxylic acids is 2. The van der Waals surface area contributed by atoms with Gasteiger partial charge in [-0.15, -0.1) is 0 Å². The average molecular weight is 334 g/mol. The van der Waals surface area contributed by atoms with E-state index in [2.05, 4.69) is 24.4 Å². The second-order valence-corrected chi connectivity index (χ2v) is 6.17. The van der Waals surface area contributed by atoms with Gasteiger partial charge in [-0.05, 0) is 26.7 Å². The number of nitrogens with two attached hydrogens (primary N) is 1. The Bertz CT molecular complexity index is 528. The van der Waals surface area contributed by atoms with Gasteiger partial charge in [-0.1, -0.05) is 30.3 Å². The fraction of sp³-hybridized carbons (Fsp3) is 0.556. The van der Waals surface area contributed by atoms with Crippen LogP contribution >= 0.6 is 0 Å². The number of amides is 2. The molecule has 6 heteroatoms. The molecule has 0 bridgehead atoms. The van der Waals surface area contributed by atoms with Crippen LogP contribution in [0, 0.1) is 0 Å². The highest BCUT2D eigenvalue weighted by Gasteiger charge is 2.24. The van der Waals surface area contributed by atoms with Crippen molar-refractivity contribution in [3.05, 3.63) is 35.9 Å². The number of piperidine rings is 1. The summed E-state index contributed by atoms with van der Waals surface area (Å²) in [6.45, 7) is 5.97. The lowest BCUT2D eigenvalue weighted by atomic mass is 10.1. The van der Waals surface area contributed by atoms with Crippen LogP contribution in [0.15, 0.2) is 30.3 Å². The van der Waals surface area contributed by atoms with Gasteiger partial charge < -0.3 is 20.3 Å². The van der Waals surface area contributed by atoms with Gasteiger partial charge in [-0.25, -0.2) is 4.79 Å². The van der Waals surface area contributed by atoms with E-state index in [-0.39, 0.29) is 24.1 Å². The fourth-order valence-corrected chi connectivity index (χ4v) is 2.88. The van der Waals surface area contributed by atoms with Gasteiger partial charge in [0.2, 0.25) is 0 Å². The van der Waals surface area contributed by atoms with Crippen LogP contribution in [0.2, 0.25) is 0 Å². The van der Waals surface area contributed by atoms with Crippen molar-refractivity contribution in [1.29, 1.82) is 0 Å². The van der Waals surface area contributed by atoms with Crippen LogP contribution in [0.1, 0.15) is 38.3 Å². The Morgan fingerprint density at radius 3 is 2.58 bits per heavy atom. The number of hydrogen-bond acceptors (Lipinski definition) is 3. The Labute approximate surface area is 143 Å². The fourth-order valence-electron chi connectivity index (χ4n) is 2.88. The Balaban J connectivity index is 1.67. The maximum Gasteiger partial charge on any atom is 0.409 e. The number of ether oxygens (including phenoxy) is 1. The predicted molar refractivity (Wildman–Crippen MR) is 91.4 cm³/mol. The summed E-state index contributed by atoms with van der Waals surface area (Å²) in [4.78, 5) is 25.5. The molecule has 24 heavy (non-hydrogen) atoms. The Morgan fingerprint density at radius 1 is 1.29 bits per heavy atom. The number of rotatable bonds is 6. The first-order valence-corrected chi connectivity index (χ1v) is 8.69. The van der Waals surface area contributed by atoms with Crippen LogP contribution < -0.4 is 10.6 Å². The molecule has 1 aliphatic heterocycles. The number of hydrogen-bond donors (Lipinski definition) is 2. The molecule has 3 N–H and O–H groups in total. The molecule has 6 nitrogen and oxygen atoms in total. The van der Waals surface area contributed by atoms with E-state index in [1.807, 2.05) is 23.5 Å². The molecule has 1 aromatic rings. The first kappa shape index (κ1) is 18.3. The van der Waals surface area contributed by atoms with Gasteiger partial charge in [0.25, 0.3) is 5.91 Å². The number of carbonyl (C=O) groups is 2. The van der Waals surface area contributed by atoms with Crippen LogP contribution in [0.5, 0.6) is 0 Å². The molecule has 1 atom stereocenters. The first-order valence-electron chi connectivity index (χ1n) is 8.69. The smallest absolute Gasteiger partial charge is 0.409 e. The van der Waals surface area contributed by atoms with E-state index in [1.54, 1.807) is 11.8 Å². The predicted octanol–water partition coefficient (Wildman–Crippen LogP) is 1.05. The zero-order valence-corrected chi connectivity index (χ0v) is 14.5. The van der Waals surface area contributed by atoms with Crippen LogP contribution in [0.3, 0.4) is 0 Å². The standard InChI is InChI=1S/C18H27N3O3/c1-3-24-18(23)21-11-9-16(10-12-21)20-17(22)13-19-14(2)15-7-5-4-6-8-15/h4-8,14,16,19H,3,9-13H2,1-2H3,(H,20,22)/p+1/t14-/m1/s1. The van der Waals surface area contributed by atoms with E-state index in [4.69, 9.17) is 4.74 Å². The molecule has 2 amide bonds. The summed E-state index contributed by atoms with van der Waals surface area (Å²) in [5.41, 5.74) is 1.22. The van der Waals surface area contributed by atoms with Crippen molar-refractivity contribution >= 4 is 12.0 Å². The average Bonchev–Trinajstić information content (AvgIpc) is 2.61. The number of nitrogens with one attached hydrogen (secondary N) is 1. The molecule has 0 unspecified atom stereocenters. The Hall–Kier alpha value is -2.08. The molecule has 0 saturated carbocycles. The highest BCUT2D eigenvalue weighted by Crippen LogP contribution is 2.11. The summed E-state index contributed by atoms with van der Waals surface area (Å²) in [6.07, 6.45) is 1.30. The third-order valence-corrected chi connectivity index (χ3v) is 4.37. The summed E-state index contributed by atoms with van der Waals surface area (Å²) in [5.74, 6) is 0.0485. The maximum absolute atomic E-state index is 12.1.